The highest BCUT2D eigenvalue weighted by Crippen LogP contribution is 2.41. The van der Waals surface area contributed by atoms with Gasteiger partial charge in [-0.05, 0) is 49.3 Å². The van der Waals surface area contributed by atoms with Crippen LogP contribution in [0.5, 0.6) is 5.75 Å². The summed E-state index contributed by atoms with van der Waals surface area (Å²) in [6, 6.07) is -0.944. The Bertz CT molecular complexity index is 543. The van der Waals surface area contributed by atoms with E-state index in [4.69, 9.17) is 27.2 Å². The fourth-order valence-corrected chi connectivity index (χ4v) is 3.35. The lowest BCUT2D eigenvalue weighted by Crippen LogP contribution is -2.33. The molecule has 0 amide bonds. The molecule has 0 radical (unpaired) electrons. The van der Waals surface area contributed by atoms with Crippen LogP contribution in [0.25, 0.3) is 0 Å². The molecule has 20 heavy (non-hydrogen) atoms. The molecule has 1 aliphatic rings. The van der Waals surface area contributed by atoms with Crippen molar-refractivity contribution in [1.29, 1.82) is 0 Å². The van der Waals surface area contributed by atoms with Crippen molar-refractivity contribution in [2.45, 2.75) is 45.1 Å². The summed E-state index contributed by atoms with van der Waals surface area (Å²) in [4.78, 5) is 11.0. The summed E-state index contributed by atoms with van der Waals surface area (Å²) in [5.41, 5.74) is 9.97. The van der Waals surface area contributed by atoms with Gasteiger partial charge < -0.3 is 15.6 Å². The van der Waals surface area contributed by atoms with Crippen molar-refractivity contribution in [2.24, 2.45) is 5.73 Å². The van der Waals surface area contributed by atoms with Crippen LogP contribution in [0.15, 0.2) is 0 Å². The van der Waals surface area contributed by atoms with E-state index in [1.54, 1.807) is 7.11 Å². The van der Waals surface area contributed by atoms with Gasteiger partial charge in [-0.1, -0.05) is 11.6 Å². The number of rotatable bonds is 4. The molecule has 5 heteroatoms. The van der Waals surface area contributed by atoms with Crippen LogP contribution in [0.3, 0.4) is 0 Å². The molecule has 2 rings (SSSR count). The maximum absolute atomic E-state index is 11.0. The average molecular weight is 298 g/mol. The summed E-state index contributed by atoms with van der Waals surface area (Å²) in [5, 5.41) is 9.63. The molecule has 0 aromatic heterocycles. The molecule has 4 nitrogen and oxygen atoms in total. The summed E-state index contributed by atoms with van der Waals surface area (Å²) in [5.74, 6) is -0.429. The molecular formula is C15H20ClNO3. The molecular weight excluding hydrogens is 278 g/mol. The first kappa shape index (κ1) is 15.1. The molecule has 1 aliphatic carbocycles. The van der Waals surface area contributed by atoms with Gasteiger partial charge in [-0.15, -0.1) is 0 Å². The molecule has 0 saturated heterocycles. The quantitative estimate of drug-likeness (QED) is 0.895. The first-order chi connectivity index (χ1) is 9.47. The van der Waals surface area contributed by atoms with Crippen LogP contribution in [0, 0.1) is 6.92 Å². The third-order valence-electron chi connectivity index (χ3n) is 4.06. The average Bonchev–Trinajstić information content (AvgIpc) is 2.44. The lowest BCUT2D eigenvalue weighted by atomic mass is 9.84. The maximum atomic E-state index is 11.0. The number of aliphatic carboxylic acids is 1. The number of benzene rings is 1. The number of methoxy groups -OCH3 is 1. The van der Waals surface area contributed by atoms with Crippen molar-refractivity contribution in [3.63, 3.8) is 0 Å². The number of carboxylic acids is 1. The highest BCUT2D eigenvalue weighted by Gasteiger charge is 2.25. The largest absolute Gasteiger partial charge is 0.495 e. The molecule has 0 spiro atoms. The number of hydrogen-bond acceptors (Lipinski definition) is 3. The summed E-state index contributed by atoms with van der Waals surface area (Å²) in [6.45, 7) is 2.01. The first-order valence-electron chi connectivity index (χ1n) is 6.82. The second kappa shape index (κ2) is 6.02. The van der Waals surface area contributed by atoms with Crippen molar-refractivity contribution in [2.75, 3.05) is 7.11 Å². The van der Waals surface area contributed by atoms with Crippen LogP contribution in [-0.2, 0) is 24.1 Å². The van der Waals surface area contributed by atoms with Gasteiger partial charge in [-0.2, -0.15) is 0 Å². The third-order valence-corrected chi connectivity index (χ3v) is 4.46. The van der Waals surface area contributed by atoms with E-state index < -0.39 is 12.0 Å². The Hall–Kier alpha value is -1.26. The Balaban J connectivity index is 2.54. The van der Waals surface area contributed by atoms with E-state index in [2.05, 4.69) is 0 Å². The zero-order chi connectivity index (χ0) is 14.9. The standard InChI is InChI=1S/C15H20ClNO3/c1-8-9-5-3-4-6-10(9)13(16)14(20-2)11(8)7-12(17)15(18)19/h12H,3-7,17H2,1-2H3,(H,18,19). The molecule has 1 atom stereocenters. The zero-order valence-electron chi connectivity index (χ0n) is 11.8. The van der Waals surface area contributed by atoms with E-state index in [1.807, 2.05) is 6.92 Å². The van der Waals surface area contributed by atoms with Gasteiger partial charge >= 0.3 is 5.97 Å². The van der Waals surface area contributed by atoms with Gasteiger partial charge in [0.1, 0.15) is 11.8 Å². The van der Waals surface area contributed by atoms with Gasteiger partial charge in [0.25, 0.3) is 0 Å². The van der Waals surface area contributed by atoms with Crippen LogP contribution in [-0.4, -0.2) is 24.2 Å². The van der Waals surface area contributed by atoms with Crippen LogP contribution in [0.1, 0.15) is 35.1 Å². The van der Waals surface area contributed by atoms with Gasteiger partial charge in [-0.3, -0.25) is 4.79 Å². The topological polar surface area (TPSA) is 72.5 Å². The molecule has 0 bridgehead atoms. The van der Waals surface area contributed by atoms with Gasteiger partial charge in [0.15, 0.2) is 0 Å². The molecule has 110 valence electrons. The predicted octanol–water partition coefficient (Wildman–Crippen LogP) is 2.49. The minimum Gasteiger partial charge on any atom is -0.495 e. The van der Waals surface area contributed by atoms with Crippen molar-refractivity contribution >= 4 is 17.6 Å². The van der Waals surface area contributed by atoms with Crippen molar-refractivity contribution in [3.05, 3.63) is 27.3 Å². The Kier molecular flexibility index (Phi) is 4.55. The number of carbonyl (C=O) groups is 1. The summed E-state index contributed by atoms with van der Waals surface area (Å²) >= 11 is 6.45. The summed E-state index contributed by atoms with van der Waals surface area (Å²) < 4.78 is 5.42. The highest BCUT2D eigenvalue weighted by molar-refractivity contribution is 6.33. The maximum Gasteiger partial charge on any atom is 0.320 e. The molecule has 3 N–H and O–H groups in total. The fraction of sp³-hybridized carbons (Fsp3) is 0.533. The number of nitrogens with two attached hydrogens (primary N) is 1. The Labute approximate surface area is 123 Å². The van der Waals surface area contributed by atoms with Crippen LogP contribution >= 0.6 is 11.6 Å². The number of carboxylic acid groups (broad SMARTS) is 1. The number of halogens is 1. The Morgan fingerprint density at radius 2 is 2.00 bits per heavy atom. The van der Waals surface area contributed by atoms with Gasteiger partial charge in [0.05, 0.1) is 12.1 Å². The lowest BCUT2D eigenvalue weighted by molar-refractivity contribution is -0.138. The predicted molar refractivity (Wildman–Crippen MR) is 78.7 cm³/mol. The number of hydrogen-bond donors (Lipinski definition) is 2. The summed E-state index contributed by atoms with van der Waals surface area (Å²) in [6.07, 6.45) is 4.44. The normalized spacial score (nSPS) is 15.6. The molecule has 1 aromatic rings. The van der Waals surface area contributed by atoms with Gasteiger partial charge in [-0.25, -0.2) is 0 Å². The molecule has 0 saturated carbocycles. The van der Waals surface area contributed by atoms with E-state index in [-0.39, 0.29) is 6.42 Å². The highest BCUT2D eigenvalue weighted by atomic mass is 35.5. The van der Waals surface area contributed by atoms with Crippen molar-refractivity contribution in [1.82, 2.24) is 0 Å². The minimum atomic E-state index is -1.01. The number of fused-ring (bicyclic) bond motifs is 1. The van der Waals surface area contributed by atoms with Gasteiger partial charge in [0, 0.05) is 12.0 Å². The zero-order valence-corrected chi connectivity index (χ0v) is 12.6. The van der Waals surface area contributed by atoms with E-state index in [9.17, 15) is 4.79 Å². The SMILES string of the molecule is COc1c(Cl)c2c(c(C)c1CC(N)C(=O)O)CCCC2. The van der Waals surface area contributed by atoms with Crippen LogP contribution in [0.2, 0.25) is 5.02 Å². The molecule has 1 aromatic carbocycles. The second-order valence-corrected chi connectivity index (χ2v) is 5.64. The molecule has 1 unspecified atom stereocenters. The summed E-state index contributed by atoms with van der Waals surface area (Å²) in [7, 11) is 1.56. The van der Waals surface area contributed by atoms with Crippen LogP contribution < -0.4 is 10.5 Å². The second-order valence-electron chi connectivity index (χ2n) is 5.26. The first-order valence-corrected chi connectivity index (χ1v) is 7.20. The minimum absolute atomic E-state index is 0.233. The molecule has 0 aliphatic heterocycles. The van der Waals surface area contributed by atoms with Gasteiger partial charge in [0.2, 0.25) is 0 Å². The molecule has 0 fully saturated rings. The van der Waals surface area contributed by atoms with Crippen LogP contribution in [0.4, 0.5) is 0 Å². The Morgan fingerprint density at radius 3 is 2.55 bits per heavy atom. The van der Waals surface area contributed by atoms with E-state index >= 15 is 0 Å². The number of ether oxygens (including phenoxy) is 1. The monoisotopic (exact) mass is 297 g/mol. The van der Waals surface area contributed by atoms with E-state index in [1.165, 1.54) is 5.56 Å². The smallest absolute Gasteiger partial charge is 0.320 e. The van der Waals surface area contributed by atoms with Crippen molar-refractivity contribution in [3.8, 4) is 5.75 Å². The fourth-order valence-electron chi connectivity index (χ4n) is 2.95. The van der Waals surface area contributed by atoms with Crippen molar-refractivity contribution < 1.29 is 14.6 Å². The lowest BCUT2D eigenvalue weighted by Gasteiger charge is -2.25. The van der Waals surface area contributed by atoms with E-state index in [0.29, 0.717) is 10.8 Å². The Morgan fingerprint density at radius 1 is 1.40 bits per heavy atom. The molecule has 0 heterocycles. The van der Waals surface area contributed by atoms with E-state index in [0.717, 1.165) is 42.4 Å². The third kappa shape index (κ3) is 2.63.